The van der Waals surface area contributed by atoms with Gasteiger partial charge in [-0.2, -0.15) is 0 Å². The van der Waals surface area contributed by atoms with E-state index in [4.69, 9.17) is 11.6 Å². The van der Waals surface area contributed by atoms with E-state index in [2.05, 4.69) is 21.2 Å². The first-order valence-electron chi connectivity index (χ1n) is 5.95. The van der Waals surface area contributed by atoms with Crippen molar-refractivity contribution in [3.8, 4) is 0 Å². The van der Waals surface area contributed by atoms with Crippen molar-refractivity contribution in [3.63, 3.8) is 0 Å². The van der Waals surface area contributed by atoms with E-state index in [9.17, 15) is 4.39 Å². The van der Waals surface area contributed by atoms with Gasteiger partial charge in [0.15, 0.2) is 0 Å². The predicted octanol–water partition coefficient (Wildman–Crippen LogP) is 5.72. The Morgan fingerprint density at radius 1 is 1.26 bits per heavy atom. The number of hydrogen-bond donors (Lipinski definition) is 1. The van der Waals surface area contributed by atoms with Crippen molar-refractivity contribution < 1.29 is 4.39 Å². The lowest BCUT2D eigenvalue weighted by molar-refractivity contribution is 0.620. The van der Waals surface area contributed by atoms with Crippen LogP contribution < -0.4 is 5.32 Å². The molecule has 0 bridgehead atoms. The smallest absolute Gasteiger partial charge is 0.139 e. The number of hydrogen-bond acceptors (Lipinski definition) is 1. The highest BCUT2D eigenvalue weighted by Crippen LogP contribution is 2.29. The lowest BCUT2D eigenvalue weighted by Gasteiger charge is -2.19. The van der Waals surface area contributed by atoms with Crippen molar-refractivity contribution in [2.24, 2.45) is 0 Å². The second-order valence-corrected chi connectivity index (χ2v) is 5.73. The monoisotopic (exact) mass is 341 g/mol. The summed E-state index contributed by atoms with van der Waals surface area (Å²) in [4.78, 5) is 0. The topological polar surface area (TPSA) is 12.0 Å². The number of halogens is 3. The normalized spacial score (nSPS) is 12.3. The molecule has 0 amide bonds. The Balaban J connectivity index is 2.27. The molecule has 19 heavy (non-hydrogen) atoms. The van der Waals surface area contributed by atoms with E-state index in [0.29, 0.717) is 9.50 Å². The van der Waals surface area contributed by atoms with E-state index in [1.165, 1.54) is 6.07 Å². The van der Waals surface area contributed by atoms with Gasteiger partial charge >= 0.3 is 0 Å². The lowest BCUT2D eigenvalue weighted by atomic mass is 10.1. The summed E-state index contributed by atoms with van der Waals surface area (Å²) in [6.07, 6.45) is 0. The Morgan fingerprint density at radius 3 is 2.63 bits per heavy atom. The zero-order chi connectivity index (χ0) is 14.0. The Bertz CT molecular complexity index is 601. The molecule has 0 aliphatic rings. The third-order valence-corrected chi connectivity index (χ3v) is 3.96. The van der Waals surface area contributed by atoms with E-state index in [0.717, 1.165) is 16.8 Å². The van der Waals surface area contributed by atoms with Gasteiger partial charge in [0.1, 0.15) is 5.82 Å². The van der Waals surface area contributed by atoms with E-state index in [1.807, 2.05) is 38.1 Å². The maximum absolute atomic E-state index is 13.6. The molecule has 100 valence electrons. The molecule has 0 radical (unpaired) electrons. The summed E-state index contributed by atoms with van der Waals surface area (Å²) in [7, 11) is 0. The van der Waals surface area contributed by atoms with Gasteiger partial charge in [-0.05, 0) is 59.1 Å². The number of aryl methyl sites for hydroxylation is 1. The largest absolute Gasteiger partial charge is 0.378 e. The van der Waals surface area contributed by atoms with Crippen LogP contribution in [0.1, 0.15) is 24.1 Å². The average molecular weight is 343 g/mol. The maximum atomic E-state index is 13.6. The van der Waals surface area contributed by atoms with Gasteiger partial charge in [0.2, 0.25) is 0 Å². The minimum atomic E-state index is -0.278. The fraction of sp³-hybridized carbons (Fsp3) is 0.200. The standard InChI is InChI=1S/C15H14BrClFN/c1-9-7-12(16)14(18)8-15(9)19-10(2)11-5-3-4-6-13(11)17/h3-8,10,19H,1-2H3. The molecule has 1 nitrogen and oxygen atoms in total. The number of nitrogens with one attached hydrogen (secondary N) is 1. The lowest BCUT2D eigenvalue weighted by Crippen LogP contribution is -2.08. The van der Waals surface area contributed by atoms with Crippen LogP contribution in [-0.4, -0.2) is 0 Å². The molecule has 2 rings (SSSR count). The predicted molar refractivity (Wildman–Crippen MR) is 82.3 cm³/mol. The van der Waals surface area contributed by atoms with Gasteiger partial charge in [-0.1, -0.05) is 29.8 Å². The Labute approximate surface area is 125 Å². The van der Waals surface area contributed by atoms with Crippen molar-refractivity contribution in [2.45, 2.75) is 19.9 Å². The zero-order valence-corrected chi connectivity index (χ0v) is 13.0. The van der Waals surface area contributed by atoms with Crippen LogP contribution in [0.2, 0.25) is 5.02 Å². The molecule has 0 saturated carbocycles. The SMILES string of the molecule is Cc1cc(Br)c(F)cc1NC(C)c1ccccc1Cl. The van der Waals surface area contributed by atoms with Crippen LogP contribution in [0, 0.1) is 12.7 Å². The summed E-state index contributed by atoms with van der Waals surface area (Å²) in [5.74, 6) is -0.278. The first-order chi connectivity index (χ1) is 8.99. The molecule has 0 aliphatic heterocycles. The summed E-state index contributed by atoms with van der Waals surface area (Å²) >= 11 is 9.34. The van der Waals surface area contributed by atoms with Gasteiger partial charge in [0.05, 0.1) is 10.5 Å². The second-order valence-electron chi connectivity index (χ2n) is 4.47. The van der Waals surface area contributed by atoms with Gasteiger partial charge in [0, 0.05) is 10.7 Å². The van der Waals surface area contributed by atoms with Crippen LogP contribution in [0.15, 0.2) is 40.9 Å². The van der Waals surface area contributed by atoms with E-state index in [-0.39, 0.29) is 11.9 Å². The third kappa shape index (κ3) is 3.28. The first kappa shape index (κ1) is 14.4. The minimum absolute atomic E-state index is 0.00738. The molecule has 1 unspecified atom stereocenters. The fourth-order valence-electron chi connectivity index (χ4n) is 1.94. The summed E-state index contributed by atoms with van der Waals surface area (Å²) in [5.41, 5.74) is 2.74. The molecule has 2 aromatic rings. The number of anilines is 1. The van der Waals surface area contributed by atoms with Crippen LogP contribution in [-0.2, 0) is 0 Å². The molecule has 0 heterocycles. The Hall–Kier alpha value is -1.06. The van der Waals surface area contributed by atoms with Crippen molar-refractivity contribution >= 4 is 33.2 Å². The van der Waals surface area contributed by atoms with Crippen molar-refractivity contribution in [1.29, 1.82) is 0 Å². The summed E-state index contributed by atoms with van der Waals surface area (Å²) in [6.45, 7) is 3.94. The molecule has 2 aromatic carbocycles. The molecule has 0 aliphatic carbocycles. The van der Waals surface area contributed by atoms with Crippen molar-refractivity contribution in [3.05, 3.63) is 62.8 Å². The molecule has 0 saturated heterocycles. The first-order valence-corrected chi connectivity index (χ1v) is 7.12. The van der Waals surface area contributed by atoms with Gasteiger partial charge in [-0.15, -0.1) is 0 Å². The van der Waals surface area contributed by atoms with E-state index >= 15 is 0 Å². The molecular formula is C15H14BrClFN. The minimum Gasteiger partial charge on any atom is -0.378 e. The van der Waals surface area contributed by atoms with Crippen molar-refractivity contribution in [1.82, 2.24) is 0 Å². The summed E-state index contributed by atoms with van der Waals surface area (Å²) in [6, 6.07) is 10.9. The number of benzene rings is 2. The van der Waals surface area contributed by atoms with Gasteiger partial charge < -0.3 is 5.32 Å². The summed E-state index contributed by atoms with van der Waals surface area (Å²) in [5, 5.41) is 4.00. The van der Waals surface area contributed by atoms with Gasteiger partial charge in [-0.3, -0.25) is 0 Å². The van der Waals surface area contributed by atoms with Crippen LogP contribution in [0.3, 0.4) is 0 Å². The molecule has 4 heteroatoms. The van der Waals surface area contributed by atoms with Crippen molar-refractivity contribution in [2.75, 3.05) is 5.32 Å². The highest BCUT2D eigenvalue weighted by atomic mass is 79.9. The highest BCUT2D eigenvalue weighted by molar-refractivity contribution is 9.10. The number of rotatable bonds is 3. The maximum Gasteiger partial charge on any atom is 0.139 e. The zero-order valence-electron chi connectivity index (χ0n) is 10.7. The average Bonchev–Trinajstić information content (AvgIpc) is 2.36. The molecule has 0 aromatic heterocycles. The van der Waals surface area contributed by atoms with E-state index < -0.39 is 0 Å². The Kier molecular flexibility index (Phi) is 4.48. The molecule has 0 spiro atoms. The van der Waals surface area contributed by atoms with Crippen LogP contribution >= 0.6 is 27.5 Å². The van der Waals surface area contributed by atoms with Gasteiger partial charge in [-0.25, -0.2) is 4.39 Å². The van der Waals surface area contributed by atoms with Gasteiger partial charge in [0.25, 0.3) is 0 Å². The van der Waals surface area contributed by atoms with Crippen LogP contribution in [0.5, 0.6) is 0 Å². The quantitative estimate of drug-likeness (QED) is 0.752. The molecular weight excluding hydrogens is 329 g/mol. The van der Waals surface area contributed by atoms with Crippen LogP contribution in [0.25, 0.3) is 0 Å². The molecule has 1 N–H and O–H groups in total. The highest BCUT2D eigenvalue weighted by Gasteiger charge is 2.11. The fourth-order valence-corrected chi connectivity index (χ4v) is 2.70. The van der Waals surface area contributed by atoms with E-state index in [1.54, 1.807) is 6.07 Å². The summed E-state index contributed by atoms with van der Waals surface area (Å²) < 4.78 is 14.1. The molecule has 0 fully saturated rings. The molecule has 1 atom stereocenters. The van der Waals surface area contributed by atoms with Crippen LogP contribution in [0.4, 0.5) is 10.1 Å². The Morgan fingerprint density at radius 2 is 1.95 bits per heavy atom. The third-order valence-electron chi connectivity index (χ3n) is 3.01. The second kappa shape index (κ2) is 5.93.